The van der Waals surface area contributed by atoms with Crippen molar-refractivity contribution in [1.82, 2.24) is 4.98 Å². The number of rotatable bonds is 0. The number of nitrogens with zero attached hydrogens (tertiary/aromatic N) is 1. The Labute approximate surface area is 77.5 Å². The van der Waals surface area contributed by atoms with Crippen molar-refractivity contribution < 1.29 is 13.2 Å². The maximum absolute atomic E-state index is 12.3. The van der Waals surface area contributed by atoms with E-state index in [-0.39, 0.29) is 11.4 Å². The largest absolute Gasteiger partial charge is 0.419 e. The lowest BCUT2D eigenvalue weighted by atomic mass is 10.1. The third-order valence-electron chi connectivity index (χ3n) is 1.48. The van der Waals surface area contributed by atoms with Crippen molar-refractivity contribution in [1.29, 1.82) is 0 Å². The molecule has 0 atom stereocenters. The van der Waals surface area contributed by atoms with Crippen molar-refractivity contribution in [2.24, 2.45) is 0 Å². The monoisotopic (exact) mass is 210 g/mol. The first-order valence-corrected chi connectivity index (χ1v) is 3.70. The highest BCUT2D eigenvalue weighted by Gasteiger charge is 2.35. The second-order valence-corrected chi connectivity index (χ2v) is 2.89. The number of aryl methyl sites for hydroxylation is 1. The Morgan fingerprint density at radius 2 is 2.00 bits per heavy atom. The van der Waals surface area contributed by atoms with Crippen LogP contribution in [-0.4, -0.2) is 4.98 Å². The molecule has 0 aliphatic heterocycles. The van der Waals surface area contributed by atoms with Gasteiger partial charge in [-0.05, 0) is 18.6 Å². The molecule has 0 saturated carbocycles. The maximum atomic E-state index is 12.3. The fraction of sp³-hybridized carbons (Fsp3) is 0.286. The molecule has 2 N–H and O–H groups in total. The second kappa shape index (κ2) is 3.06. The van der Waals surface area contributed by atoms with E-state index in [1.807, 2.05) is 0 Å². The van der Waals surface area contributed by atoms with Crippen molar-refractivity contribution in [2.75, 3.05) is 5.73 Å². The van der Waals surface area contributed by atoms with Gasteiger partial charge >= 0.3 is 6.18 Å². The molecule has 0 radical (unpaired) electrons. The summed E-state index contributed by atoms with van der Waals surface area (Å²) in [7, 11) is 0. The predicted octanol–water partition coefficient (Wildman–Crippen LogP) is 2.64. The Morgan fingerprint density at radius 3 is 2.38 bits per heavy atom. The minimum absolute atomic E-state index is 0.0181. The van der Waals surface area contributed by atoms with E-state index < -0.39 is 16.9 Å². The average molecular weight is 211 g/mol. The van der Waals surface area contributed by atoms with Crippen LogP contribution < -0.4 is 5.73 Å². The molecule has 0 saturated heterocycles. The summed E-state index contributed by atoms with van der Waals surface area (Å²) >= 11 is 5.31. The second-order valence-electron chi connectivity index (χ2n) is 2.53. The molecule has 1 aromatic rings. The Morgan fingerprint density at radius 1 is 1.46 bits per heavy atom. The van der Waals surface area contributed by atoms with Crippen molar-refractivity contribution in [2.45, 2.75) is 13.1 Å². The Balaban J connectivity index is 3.38. The number of halogens is 4. The third-order valence-corrected chi connectivity index (χ3v) is 1.75. The molecule has 0 spiro atoms. The summed E-state index contributed by atoms with van der Waals surface area (Å²) in [6.45, 7) is 1.28. The average Bonchev–Trinajstić information content (AvgIpc) is 1.78. The van der Waals surface area contributed by atoms with Gasteiger partial charge in [0.2, 0.25) is 0 Å². The molecule has 72 valence electrons. The van der Waals surface area contributed by atoms with E-state index in [9.17, 15) is 13.2 Å². The molecular formula is C7H6ClF3N2. The third kappa shape index (κ3) is 2.03. The van der Waals surface area contributed by atoms with Gasteiger partial charge in [-0.15, -0.1) is 0 Å². The summed E-state index contributed by atoms with van der Waals surface area (Å²) < 4.78 is 36.8. The van der Waals surface area contributed by atoms with E-state index >= 15 is 0 Å². The Hall–Kier alpha value is -0.970. The van der Waals surface area contributed by atoms with Crippen LogP contribution in [0.5, 0.6) is 0 Å². The molecule has 0 unspecified atom stereocenters. The Bertz CT molecular complexity index is 312. The summed E-state index contributed by atoms with van der Waals surface area (Å²) in [6, 6.07) is 1.13. The first-order valence-electron chi connectivity index (χ1n) is 3.32. The van der Waals surface area contributed by atoms with Gasteiger partial charge in [0.05, 0.1) is 5.56 Å². The lowest BCUT2D eigenvalue weighted by molar-refractivity contribution is -0.138. The summed E-state index contributed by atoms with van der Waals surface area (Å²) in [4.78, 5) is 3.32. The van der Waals surface area contributed by atoms with Crippen LogP contribution in [0.25, 0.3) is 0 Å². The van der Waals surface area contributed by atoms with Crippen LogP contribution in [0.4, 0.5) is 19.0 Å². The minimum Gasteiger partial charge on any atom is -0.384 e. The lowest BCUT2D eigenvalue weighted by Gasteiger charge is -2.11. The van der Waals surface area contributed by atoms with E-state index in [4.69, 9.17) is 17.3 Å². The van der Waals surface area contributed by atoms with Gasteiger partial charge in [0.15, 0.2) is 0 Å². The van der Waals surface area contributed by atoms with E-state index in [2.05, 4.69) is 4.98 Å². The number of anilines is 1. The fourth-order valence-electron chi connectivity index (χ4n) is 0.999. The zero-order valence-electron chi connectivity index (χ0n) is 6.61. The number of aromatic nitrogens is 1. The predicted molar refractivity (Wildman–Crippen MR) is 43.4 cm³/mol. The molecule has 0 fully saturated rings. The van der Waals surface area contributed by atoms with Crippen LogP contribution >= 0.6 is 11.6 Å². The number of hydrogen-bond acceptors (Lipinski definition) is 2. The molecular weight excluding hydrogens is 205 g/mol. The van der Waals surface area contributed by atoms with Gasteiger partial charge in [-0.25, -0.2) is 4.98 Å². The van der Waals surface area contributed by atoms with E-state index in [1.54, 1.807) is 0 Å². The number of pyridine rings is 1. The number of nitrogens with two attached hydrogens (primary N) is 1. The molecule has 1 aromatic heterocycles. The zero-order chi connectivity index (χ0) is 10.2. The van der Waals surface area contributed by atoms with Crippen LogP contribution in [0.2, 0.25) is 5.15 Å². The number of nitrogen functional groups attached to an aromatic ring is 1. The van der Waals surface area contributed by atoms with Crippen LogP contribution in [0.3, 0.4) is 0 Å². The molecule has 2 nitrogen and oxygen atoms in total. The van der Waals surface area contributed by atoms with Gasteiger partial charge in [0, 0.05) is 0 Å². The smallest absolute Gasteiger partial charge is 0.384 e. The van der Waals surface area contributed by atoms with E-state index in [0.29, 0.717) is 0 Å². The van der Waals surface area contributed by atoms with Crippen molar-refractivity contribution in [3.05, 3.63) is 22.3 Å². The van der Waals surface area contributed by atoms with Gasteiger partial charge in [-0.2, -0.15) is 13.2 Å². The van der Waals surface area contributed by atoms with Crippen molar-refractivity contribution >= 4 is 17.4 Å². The van der Waals surface area contributed by atoms with Crippen LogP contribution in [0.1, 0.15) is 11.1 Å². The van der Waals surface area contributed by atoms with Gasteiger partial charge < -0.3 is 5.73 Å². The fourth-order valence-corrected chi connectivity index (χ4v) is 1.35. The molecule has 13 heavy (non-hydrogen) atoms. The summed E-state index contributed by atoms with van der Waals surface area (Å²) in [5.41, 5.74) is 4.26. The summed E-state index contributed by atoms with van der Waals surface area (Å²) in [6.07, 6.45) is -4.48. The molecule has 0 bridgehead atoms. The molecule has 0 aromatic carbocycles. The van der Waals surface area contributed by atoms with Crippen LogP contribution in [0, 0.1) is 6.92 Å². The van der Waals surface area contributed by atoms with Crippen molar-refractivity contribution in [3.8, 4) is 0 Å². The van der Waals surface area contributed by atoms with Gasteiger partial charge in [-0.1, -0.05) is 11.6 Å². The molecule has 0 aliphatic rings. The Kier molecular flexibility index (Phi) is 2.38. The number of alkyl halides is 3. The number of hydrogen-bond donors (Lipinski definition) is 1. The topological polar surface area (TPSA) is 38.9 Å². The van der Waals surface area contributed by atoms with Gasteiger partial charge in [-0.3, -0.25) is 0 Å². The molecule has 0 aliphatic carbocycles. The SMILES string of the molecule is Cc1cc(N)nc(Cl)c1C(F)(F)F. The summed E-state index contributed by atoms with van der Waals surface area (Å²) in [5.74, 6) is -0.0181. The van der Waals surface area contributed by atoms with Crippen LogP contribution in [0.15, 0.2) is 6.07 Å². The highest BCUT2D eigenvalue weighted by molar-refractivity contribution is 6.30. The zero-order valence-corrected chi connectivity index (χ0v) is 7.37. The molecule has 1 heterocycles. The maximum Gasteiger partial charge on any atom is 0.419 e. The molecule has 6 heteroatoms. The molecule has 1 rings (SSSR count). The highest BCUT2D eigenvalue weighted by atomic mass is 35.5. The quantitative estimate of drug-likeness (QED) is 0.669. The standard InChI is InChI=1S/C7H6ClF3N2/c1-3-2-4(12)13-6(8)5(3)7(9,10)11/h2H,1H3,(H2,12,13). The first kappa shape index (κ1) is 10.1. The van der Waals surface area contributed by atoms with E-state index in [1.165, 1.54) is 6.92 Å². The molecule has 0 amide bonds. The van der Waals surface area contributed by atoms with Gasteiger partial charge in [0.1, 0.15) is 11.0 Å². The summed E-state index contributed by atoms with van der Waals surface area (Å²) in [5, 5.41) is -0.606. The van der Waals surface area contributed by atoms with Crippen LogP contribution in [-0.2, 0) is 6.18 Å². The first-order chi connectivity index (χ1) is 5.82. The van der Waals surface area contributed by atoms with E-state index in [0.717, 1.165) is 6.07 Å². The lowest BCUT2D eigenvalue weighted by Crippen LogP contribution is -2.10. The normalized spacial score (nSPS) is 11.8. The highest BCUT2D eigenvalue weighted by Crippen LogP contribution is 2.36. The van der Waals surface area contributed by atoms with Crippen molar-refractivity contribution in [3.63, 3.8) is 0 Å². The minimum atomic E-state index is -4.48. The van der Waals surface area contributed by atoms with Gasteiger partial charge in [0.25, 0.3) is 0 Å².